The molecule has 9 heteroatoms. The molecule has 1 aliphatic rings. The summed E-state index contributed by atoms with van der Waals surface area (Å²) < 4.78 is 10.2. The van der Waals surface area contributed by atoms with Crippen LogP contribution in [-0.2, 0) is 11.3 Å². The molecular weight excluding hydrogens is 338 g/mol. The summed E-state index contributed by atoms with van der Waals surface area (Å²) in [7, 11) is 0. The Kier molecular flexibility index (Phi) is 4.36. The van der Waals surface area contributed by atoms with E-state index < -0.39 is 4.92 Å². The van der Waals surface area contributed by atoms with Gasteiger partial charge in [0.15, 0.2) is 5.52 Å². The first-order valence-corrected chi connectivity index (χ1v) is 8.28. The molecule has 2 heterocycles. The van der Waals surface area contributed by atoms with Crippen molar-refractivity contribution in [1.82, 2.24) is 10.3 Å². The molecule has 0 aliphatic carbocycles. The molecule has 1 aliphatic heterocycles. The van der Waals surface area contributed by atoms with Gasteiger partial charge in [-0.3, -0.25) is 10.1 Å². The van der Waals surface area contributed by atoms with Crippen molar-refractivity contribution in [3.63, 3.8) is 0 Å². The summed E-state index contributed by atoms with van der Waals surface area (Å²) in [5, 5.41) is 22.6. The van der Waals surface area contributed by atoms with Crippen LogP contribution >= 0.6 is 0 Å². The second kappa shape index (κ2) is 6.96. The normalized spacial score (nSPS) is 14.5. The SMILES string of the molecule is O=[N+]([O-])c1c(N2CCOCC2)cc(NCc2ccccc2)c2nonc12. The maximum Gasteiger partial charge on any atom is 0.323 e. The molecule has 1 fully saturated rings. The van der Waals surface area contributed by atoms with Gasteiger partial charge in [0.2, 0.25) is 5.52 Å². The zero-order chi connectivity index (χ0) is 17.9. The number of rotatable bonds is 5. The molecular formula is C17H17N5O4. The zero-order valence-corrected chi connectivity index (χ0v) is 13.9. The van der Waals surface area contributed by atoms with Crippen molar-refractivity contribution in [2.24, 2.45) is 0 Å². The monoisotopic (exact) mass is 355 g/mol. The van der Waals surface area contributed by atoms with E-state index in [-0.39, 0.29) is 11.2 Å². The number of nitrogens with one attached hydrogen (secondary N) is 1. The Morgan fingerprint density at radius 2 is 1.88 bits per heavy atom. The predicted octanol–water partition coefficient (Wildman–Crippen LogP) is 2.58. The van der Waals surface area contributed by atoms with Gasteiger partial charge in [0.05, 0.1) is 23.8 Å². The van der Waals surface area contributed by atoms with Crippen molar-refractivity contribution in [2.75, 3.05) is 36.5 Å². The number of hydrogen-bond donors (Lipinski definition) is 1. The zero-order valence-electron chi connectivity index (χ0n) is 13.9. The second-order valence-corrected chi connectivity index (χ2v) is 5.95. The smallest absolute Gasteiger partial charge is 0.323 e. The summed E-state index contributed by atoms with van der Waals surface area (Å²) in [6.07, 6.45) is 0. The van der Waals surface area contributed by atoms with Crippen LogP contribution in [0.4, 0.5) is 17.1 Å². The first kappa shape index (κ1) is 16.3. The number of nitro groups is 1. The molecule has 0 saturated carbocycles. The van der Waals surface area contributed by atoms with Crippen molar-refractivity contribution in [2.45, 2.75) is 6.54 Å². The van der Waals surface area contributed by atoms with Crippen LogP contribution in [0.3, 0.4) is 0 Å². The molecule has 1 aromatic heterocycles. The highest BCUT2D eigenvalue weighted by molar-refractivity contribution is 5.99. The Bertz CT molecular complexity index is 922. The van der Waals surface area contributed by atoms with Gasteiger partial charge in [-0.1, -0.05) is 30.3 Å². The third kappa shape index (κ3) is 3.04. The highest BCUT2D eigenvalue weighted by atomic mass is 16.6. The van der Waals surface area contributed by atoms with Crippen molar-refractivity contribution < 1.29 is 14.3 Å². The van der Waals surface area contributed by atoms with Crippen LogP contribution < -0.4 is 10.2 Å². The lowest BCUT2D eigenvalue weighted by Crippen LogP contribution is -2.36. The first-order chi connectivity index (χ1) is 12.7. The summed E-state index contributed by atoms with van der Waals surface area (Å²) in [6.45, 7) is 2.77. The molecule has 4 rings (SSSR count). The van der Waals surface area contributed by atoms with Crippen LogP contribution in [0, 0.1) is 10.1 Å². The van der Waals surface area contributed by atoms with Crippen molar-refractivity contribution >= 4 is 28.1 Å². The van der Waals surface area contributed by atoms with E-state index in [2.05, 4.69) is 15.6 Å². The average Bonchev–Trinajstić information content (AvgIpc) is 3.16. The van der Waals surface area contributed by atoms with E-state index in [0.717, 1.165) is 5.56 Å². The van der Waals surface area contributed by atoms with Gasteiger partial charge in [0, 0.05) is 19.6 Å². The Morgan fingerprint density at radius 3 is 2.62 bits per heavy atom. The van der Waals surface area contributed by atoms with Gasteiger partial charge in [-0.05, 0) is 21.9 Å². The number of anilines is 2. The number of ether oxygens (including phenoxy) is 1. The van der Waals surface area contributed by atoms with E-state index in [1.165, 1.54) is 0 Å². The topological polar surface area (TPSA) is 107 Å². The number of fused-ring (bicyclic) bond motifs is 1. The number of nitrogens with zero attached hydrogens (tertiary/aromatic N) is 4. The summed E-state index contributed by atoms with van der Waals surface area (Å²) in [5.41, 5.74) is 2.64. The second-order valence-electron chi connectivity index (χ2n) is 5.95. The van der Waals surface area contributed by atoms with Crippen LogP contribution in [0.2, 0.25) is 0 Å². The summed E-state index contributed by atoms with van der Waals surface area (Å²) in [5.74, 6) is 0. The van der Waals surface area contributed by atoms with E-state index in [1.54, 1.807) is 6.07 Å². The molecule has 0 unspecified atom stereocenters. The van der Waals surface area contributed by atoms with Gasteiger partial charge in [-0.25, -0.2) is 4.63 Å². The minimum atomic E-state index is -0.432. The molecule has 0 spiro atoms. The van der Waals surface area contributed by atoms with Gasteiger partial charge in [-0.2, -0.15) is 0 Å². The molecule has 1 saturated heterocycles. The fourth-order valence-corrected chi connectivity index (χ4v) is 3.07. The predicted molar refractivity (Wildman–Crippen MR) is 95.3 cm³/mol. The summed E-state index contributed by atoms with van der Waals surface area (Å²) in [6, 6.07) is 11.6. The molecule has 0 bridgehead atoms. The molecule has 0 amide bonds. The molecule has 1 N–H and O–H groups in total. The Hall–Kier alpha value is -3.20. The van der Waals surface area contributed by atoms with Crippen molar-refractivity contribution in [1.29, 1.82) is 0 Å². The fraction of sp³-hybridized carbons (Fsp3) is 0.294. The van der Waals surface area contributed by atoms with Crippen LogP contribution in [0.1, 0.15) is 5.56 Å². The van der Waals surface area contributed by atoms with Gasteiger partial charge in [0.25, 0.3) is 0 Å². The van der Waals surface area contributed by atoms with Crippen LogP contribution in [0.5, 0.6) is 0 Å². The lowest BCUT2D eigenvalue weighted by atomic mass is 10.1. The van der Waals surface area contributed by atoms with Crippen molar-refractivity contribution in [3.05, 3.63) is 52.1 Å². The van der Waals surface area contributed by atoms with Gasteiger partial charge < -0.3 is 15.0 Å². The third-order valence-electron chi connectivity index (χ3n) is 4.35. The van der Waals surface area contributed by atoms with Gasteiger partial charge in [0.1, 0.15) is 5.69 Å². The first-order valence-electron chi connectivity index (χ1n) is 8.28. The maximum absolute atomic E-state index is 11.7. The Labute approximate surface area is 148 Å². The third-order valence-corrected chi connectivity index (χ3v) is 4.35. The van der Waals surface area contributed by atoms with Gasteiger partial charge >= 0.3 is 5.69 Å². The van der Waals surface area contributed by atoms with Gasteiger partial charge in [-0.15, -0.1) is 0 Å². The molecule has 134 valence electrons. The van der Waals surface area contributed by atoms with Crippen LogP contribution in [-0.4, -0.2) is 41.5 Å². The largest absolute Gasteiger partial charge is 0.379 e. The average molecular weight is 355 g/mol. The van der Waals surface area contributed by atoms with Crippen molar-refractivity contribution in [3.8, 4) is 0 Å². The van der Waals surface area contributed by atoms with Crippen LogP contribution in [0.25, 0.3) is 11.0 Å². The summed E-state index contributed by atoms with van der Waals surface area (Å²) >= 11 is 0. The minimum absolute atomic E-state index is 0.0894. The Morgan fingerprint density at radius 1 is 1.15 bits per heavy atom. The lowest BCUT2D eigenvalue weighted by molar-refractivity contribution is -0.382. The van der Waals surface area contributed by atoms with E-state index in [0.29, 0.717) is 49.7 Å². The standard InChI is InChI=1S/C17H17N5O4/c23-22(24)17-14(21-6-8-25-9-7-21)10-13(15-16(17)20-26-19-15)18-11-12-4-2-1-3-5-12/h1-5,10,18H,6-9,11H2. The van der Waals surface area contributed by atoms with E-state index >= 15 is 0 Å². The highest BCUT2D eigenvalue weighted by Crippen LogP contribution is 2.39. The maximum atomic E-state index is 11.7. The highest BCUT2D eigenvalue weighted by Gasteiger charge is 2.29. The minimum Gasteiger partial charge on any atom is -0.379 e. The lowest BCUT2D eigenvalue weighted by Gasteiger charge is -2.28. The van der Waals surface area contributed by atoms with E-state index in [9.17, 15) is 10.1 Å². The molecule has 3 aromatic rings. The number of aromatic nitrogens is 2. The van der Waals surface area contributed by atoms with E-state index in [4.69, 9.17) is 9.37 Å². The Balaban J connectivity index is 1.76. The molecule has 0 radical (unpaired) electrons. The molecule has 2 aromatic carbocycles. The number of nitro benzene ring substituents is 1. The number of hydrogen-bond acceptors (Lipinski definition) is 8. The molecule has 26 heavy (non-hydrogen) atoms. The number of morpholine rings is 1. The molecule has 9 nitrogen and oxygen atoms in total. The number of benzene rings is 2. The quantitative estimate of drug-likeness (QED) is 0.550. The fourth-order valence-electron chi connectivity index (χ4n) is 3.07. The van der Waals surface area contributed by atoms with Crippen LogP contribution in [0.15, 0.2) is 41.0 Å². The molecule has 0 atom stereocenters. The van der Waals surface area contributed by atoms with E-state index in [1.807, 2.05) is 35.2 Å². The summed E-state index contributed by atoms with van der Waals surface area (Å²) in [4.78, 5) is 13.2.